The molecule has 2 aromatic rings. The Morgan fingerprint density at radius 1 is 1.42 bits per heavy atom. The number of carbonyl (C=O) groups excluding carboxylic acids is 1. The highest BCUT2D eigenvalue weighted by Crippen LogP contribution is 2.10. The lowest BCUT2D eigenvalue weighted by Crippen LogP contribution is -2.33. The van der Waals surface area contributed by atoms with E-state index in [9.17, 15) is 14.4 Å². The molecule has 0 fully saturated rings. The minimum absolute atomic E-state index is 0.267. The average molecular weight is 263 g/mol. The molecule has 1 amide bonds. The summed E-state index contributed by atoms with van der Waals surface area (Å²) in [6, 6.07) is 2.22. The van der Waals surface area contributed by atoms with E-state index in [0.717, 1.165) is 22.4 Å². The summed E-state index contributed by atoms with van der Waals surface area (Å²) in [7, 11) is 0. The minimum atomic E-state index is -0.449. The zero-order valence-electron chi connectivity index (χ0n) is 10.3. The van der Waals surface area contributed by atoms with Crippen molar-refractivity contribution in [3.63, 3.8) is 0 Å². The first-order valence-electron chi connectivity index (χ1n) is 5.72. The van der Waals surface area contributed by atoms with Crippen molar-refractivity contribution < 1.29 is 4.79 Å². The van der Waals surface area contributed by atoms with Crippen LogP contribution in [0.3, 0.4) is 0 Å². The Morgan fingerprint density at radius 3 is 2.95 bits per heavy atom. The molecule has 8 nitrogen and oxygen atoms in total. The second-order valence-electron chi connectivity index (χ2n) is 3.91. The van der Waals surface area contributed by atoms with Gasteiger partial charge in [-0.25, -0.2) is 4.68 Å². The zero-order chi connectivity index (χ0) is 13.8. The van der Waals surface area contributed by atoms with Crippen LogP contribution in [0.4, 0.5) is 5.82 Å². The molecule has 0 saturated carbocycles. The van der Waals surface area contributed by atoms with Gasteiger partial charge in [0, 0.05) is 17.7 Å². The fourth-order valence-electron chi connectivity index (χ4n) is 1.59. The molecule has 0 aromatic carbocycles. The molecular formula is C11H13N5O3. The van der Waals surface area contributed by atoms with Crippen molar-refractivity contribution in [3.05, 3.63) is 44.6 Å². The maximum atomic E-state index is 11.8. The highest BCUT2D eigenvalue weighted by atomic mass is 16.2. The molecule has 0 aliphatic heterocycles. The van der Waals surface area contributed by atoms with E-state index in [1.54, 1.807) is 6.20 Å². The van der Waals surface area contributed by atoms with Crippen LogP contribution in [-0.2, 0) is 17.8 Å². The molecule has 0 atom stereocenters. The van der Waals surface area contributed by atoms with Crippen molar-refractivity contribution in [3.8, 4) is 0 Å². The Kier molecular flexibility index (Phi) is 3.60. The van der Waals surface area contributed by atoms with Crippen LogP contribution < -0.4 is 16.4 Å². The molecule has 8 heteroatoms. The molecule has 19 heavy (non-hydrogen) atoms. The van der Waals surface area contributed by atoms with Gasteiger partial charge in [0.2, 0.25) is 5.91 Å². The van der Waals surface area contributed by atoms with Crippen molar-refractivity contribution in [2.75, 3.05) is 5.32 Å². The standard InChI is InChI=1S/C11H13N5O3/c1-2-7-5-12-14-11(7)13-9(18)6-16-10(19)4-3-8(17)15-16/h3-5H,2,6H2,1H3,(H,15,17)(H2,12,13,14,18). The molecule has 2 aromatic heterocycles. The van der Waals surface area contributed by atoms with Crippen LogP contribution in [0.15, 0.2) is 27.9 Å². The Morgan fingerprint density at radius 2 is 2.21 bits per heavy atom. The Bertz CT molecular complexity index is 697. The normalized spacial score (nSPS) is 10.4. The fourth-order valence-corrected chi connectivity index (χ4v) is 1.59. The number of hydrogen-bond donors (Lipinski definition) is 3. The molecule has 0 aliphatic rings. The molecular weight excluding hydrogens is 250 g/mol. The van der Waals surface area contributed by atoms with Gasteiger partial charge in [0.1, 0.15) is 12.4 Å². The van der Waals surface area contributed by atoms with Gasteiger partial charge in [0.15, 0.2) is 0 Å². The van der Waals surface area contributed by atoms with Crippen molar-refractivity contribution in [2.24, 2.45) is 0 Å². The molecule has 100 valence electrons. The van der Waals surface area contributed by atoms with Gasteiger partial charge in [-0.3, -0.25) is 24.6 Å². The predicted molar refractivity (Wildman–Crippen MR) is 67.9 cm³/mol. The molecule has 0 unspecified atom stereocenters. The maximum Gasteiger partial charge on any atom is 0.265 e. The lowest BCUT2D eigenvalue weighted by molar-refractivity contribution is -0.117. The second-order valence-corrected chi connectivity index (χ2v) is 3.91. The minimum Gasteiger partial charge on any atom is -0.309 e. The number of carbonyl (C=O) groups is 1. The van der Waals surface area contributed by atoms with Gasteiger partial charge in [-0.05, 0) is 6.42 Å². The summed E-state index contributed by atoms with van der Waals surface area (Å²) in [4.78, 5) is 34.3. The van der Waals surface area contributed by atoms with Gasteiger partial charge in [-0.15, -0.1) is 0 Å². The molecule has 0 saturated heterocycles. The number of H-pyrrole nitrogens is 2. The highest BCUT2D eigenvalue weighted by Gasteiger charge is 2.09. The molecule has 2 heterocycles. The van der Waals surface area contributed by atoms with E-state index in [0.29, 0.717) is 12.2 Å². The van der Waals surface area contributed by atoms with Gasteiger partial charge in [0.05, 0.1) is 6.20 Å². The maximum absolute atomic E-state index is 11.8. The number of hydrogen-bond acceptors (Lipinski definition) is 4. The number of nitrogens with one attached hydrogen (secondary N) is 3. The zero-order valence-corrected chi connectivity index (χ0v) is 10.3. The van der Waals surface area contributed by atoms with Crippen LogP contribution in [0.25, 0.3) is 0 Å². The van der Waals surface area contributed by atoms with E-state index >= 15 is 0 Å². The summed E-state index contributed by atoms with van der Waals surface area (Å²) in [5, 5.41) is 11.4. The molecule has 2 rings (SSSR count). The number of rotatable bonds is 4. The Hall–Kier alpha value is -2.64. The highest BCUT2D eigenvalue weighted by molar-refractivity contribution is 5.90. The lowest BCUT2D eigenvalue weighted by Gasteiger charge is -2.06. The lowest BCUT2D eigenvalue weighted by atomic mass is 10.2. The van der Waals surface area contributed by atoms with E-state index in [1.807, 2.05) is 6.92 Å². The number of aryl methyl sites for hydroxylation is 1. The van der Waals surface area contributed by atoms with Crippen LogP contribution in [-0.4, -0.2) is 25.9 Å². The van der Waals surface area contributed by atoms with Crippen LogP contribution in [0.2, 0.25) is 0 Å². The molecule has 0 aliphatic carbocycles. The molecule has 0 spiro atoms. The summed E-state index contributed by atoms with van der Waals surface area (Å²) < 4.78 is 0.944. The Balaban J connectivity index is 2.12. The number of nitrogens with zero attached hydrogens (tertiary/aromatic N) is 2. The first-order valence-corrected chi connectivity index (χ1v) is 5.72. The van der Waals surface area contributed by atoms with Gasteiger partial charge in [-0.1, -0.05) is 6.92 Å². The third kappa shape index (κ3) is 2.97. The average Bonchev–Trinajstić information content (AvgIpc) is 2.81. The summed E-state index contributed by atoms with van der Waals surface area (Å²) in [6.07, 6.45) is 2.33. The Labute approximate surface area is 107 Å². The van der Waals surface area contributed by atoms with Crippen LogP contribution in [0.1, 0.15) is 12.5 Å². The van der Waals surface area contributed by atoms with Crippen LogP contribution in [0.5, 0.6) is 0 Å². The summed E-state index contributed by atoms with van der Waals surface area (Å²) in [6.45, 7) is 1.66. The summed E-state index contributed by atoms with van der Waals surface area (Å²) in [5.74, 6) is 0.0710. The van der Waals surface area contributed by atoms with Crippen molar-refractivity contribution in [2.45, 2.75) is 19.9 Å². The van der Waals surface area contributed by atoms with Gasteiger partial charge >= 0.3 is 0 Å². The van der Waals surface area contributed by atoms with Gasteiger partial charge in [-0.2, -0.15) is 5.10 Å². The number of aromatic nitrogens is 4. The molecule has 3 N–H and O–H groups in total. The quantitative estimate of drug-likeness (QED) is 0.687. The van der Waals surface area contributed by atoms with Crippen LogP contribution in [0, 0.1) is 0 Å². The fraction of sp³-hybridized carbons (Fsp3) is 0.273. The predicted octanol–water partition coefficient (Wildman–Crippen LogP) is -0.539. The first kappa shape index (κ1) is 12.8. The van der Waals surface area contributed by atoms with E-state index < -0.39 is 17.0 Å². The third-order valence-electron chi connectivity index (χ3n) is 2.55. The smallest absolute Gasteiger partial charge is 0.265 e. The summed E-state index contributed by atoms with van der Waals surface area (Å²) in [5.41, 5.74) is -0.0273. The topological polar surface area (TPSA) is 113 Å². The van der Waals surface area contributed by atoms with Gasteiger partial charge < -0.3 is 5.32 Å². The van der Waals surface area contributed by atoms with Crippen LogP contribution >= 0.6 is 0 Å². The second kappa shape index (κ2) is 5.34. The van der Waals surface area contributed by atoms with E-state index in [4.69, 9.17) is 0 Å². The van der Waals surface area contributed by atoms with Gasteiger partial charge in [0.25, 0.3) is 11.1 Å². The van der Waals surface area contributed by atoms with Crippen molar-refractivity contribution in [1.29, 1.82) is 0 Å². The van der Waals surface area contributed by atoms with Crippen molar-refractivity contribution >= 4 is 11.7 Å². The van der Waals surface area contributed by atoms with E-state index in [1.165, 1.54) is 0 Å². The third-order valence-corrected chi connectivity index (χ3v) is 2.55. The summed E-state index contributed by atoms with van der Waals surface area (Å²) >= 11 is 0. The number of anilines is 1. The molecule has 0 bridgehead atoms. The SMILES string of the molecule is CCc1cn[nH]c1NC(=O)Cn1[nH]c(=O)ccc1=O. The molecule has 0 radical (unpaired) electrons. The monoisotopic (exact) mass is 263 g/mol. The first-order chi connectivity index (χ1) is 9.10. The largest absolute Gasteiger partial charge is 0.309 e. The number of aromatic amines is 2. The van der Waals surface area contributed by atoms with Crippen molar-refractivity contribution in [1.82, 2.24) is 20.0 Å². The van der Waals surface area contributed by atoms with E-state index in [2.05, 4.69) is 20.6 Å². The van der Waals surface area contributed by atoms with E-state index in [-0.39, 0.29) is 6.54 Å². The number of amides is 1.